The molecule has 2 aromatic rings. The van der Waals surface area contributed by atoms with Gasteiger partial charge in [-0.05, 0) is 42.3 Å². The molecule has 0 atom stereocenters. The second-order valence-corrected chi connectivity index (χ2v) is 5.64. The zero-order valence-electron chi connectivity index (χ0n) is 13.0. The Labute approximate surface area is 145 Å². The average molecular weight is 349 g/mol. The van der Waals surface area contributed by atoms with E-state index in [4.69, 9.17) is 11.6 Å². The second-order valence-electron chi connectivity index (χ2n) is 5.20. The summed E-state index contributed by atoms with van der Waals surface area (Å²) >= 11 is 5.76. The van der Waals surface area contributed by atoms with Gasteiger partial charge in [-0.15, -0.1) is 0 Å². The molecular formula is C18H18ClFN2O2. The Kier molecular flexibility index (Phi) is 6.75. The molecule has 0 radical (unpaired) electrons. The van der Waals surface area contributed by atoms with Crippen LogP contribution < -0.4 is 10.6 Å². The van der Waals surface area contributed by atoms with E-state index in [-0.39, 0.29) is 24.1 Å². The number of nitrogens with one attached hydrogen (secondary N) is 2. The van der Waals surface area contributed by atoms with E-state index in [1.807, 2.05) is 0 Å². The third kappa shape index (κ3) is 5.66. The first-order chi connectivity index (χ1) is 11.6. The van der Waals surface area contributed by atoms with Gasteiger partial charge in [0.15, 0.2) is 0 Å². The Hall–Kier alpha value is -2.40. The van der Waals surface area contributed by atoms with Crippen molar-refractivity contribution in [2.24, 2.45) is 0 Å². The van der Waals surface area contributed by atoms with Crippen molar-refractivity contribution in [1.82, 2.24) is 10.6 Å². The van der Waals surface area contributed by atoms with Crippen molar-refractivity contribution in [3.63, 3.8) is 0 Å². The van der Waals surface area contributed by atoms with Crippen LogP contribution in [-0.2, 0) is 11.2 Å². The number of hydrogen-bond acceptors (Lipinski definition) is 2. The van der Waals surface area contributed by atoms with Gasteiger partial charge in [-0.25, -0.2) is 4.39 Å². The summed E-state index contributed by atoms with van der Waals surface area (Å²) in [5, 5.41) is 5.95. The molecule has 0 saturated carbocycles. The van der Waals surface area contributed by atoms with Crippen LogP contribution in [0.2, 0.25) is 5.02 Å². The third-order valence-corrected chi connectivity index (χ3v) is 3.67. The maximum atomic E-state index is 13.4. The van der Waals surface area contributed by atoms with Crippen molar-refractivity contribution in [3.8, 4) is 0 Å². The highest BCUT2D eigenvalue weighted by Gasteiger charge is 2.07. The molecule has 0 aromatic heterocycles. The summed E-state index contributed by atoms with van der Waals surface area (Å²) in [5.74, 6) is -0.716. The summed E-state index contributed by atoms with van der Waals surface area (Å²) in [4.78, 5) is 23.6. The quantitative estimate of drug-likeness (QED) is 0.756. The van der Waals surface area contributed by atoms with Gasteiger partial charge in [0.2, 0.25) is 5.91 Å². The lowest BCUT2D eigenvalue weighted by atomic mass is 10.1. The fourth-order valence-corrected chi connectivity index (χ4v) is 2.24. The van der Waals surface area contributed by atoms with Gasteiger partial charge < -0.3 is 10.6 Å². The van der Waals surface area contributed by atoms with Crippen LogP contribution in [0.25, 0.3) is 0 Å². The van der Waals surface area contributed by atoms with Crippen molar-refractivity contribution < 1.29 is 14.0 Å². The number of hydrogen-bond donors (Lipinski definition) is 2. The minimum Gasteiger partial charge on any atom is -0.354 e. The van der Waals surface area contributed by atoms with Crippen LogP contribution >= 0.6 is 11.6 Å². The largest absolute Gasteiger partial charge is 0.354 e. The number of benzene rings is 2. The highest BCUT2D eigenvalue weighted by atomic mass is 35.5. The SMILES string of the molecule is O=C(CCc1ccccc1F)NCCNC(=O)c1ccc(Cl)cc1. The molecule has 6 heteroatoms. The summed E-state index contributed by atoms with van der Waals surface area (Å²) in [6.07, 6.45) is 0.543. The fourth-order valence-electron chi connectivity index (χ4n) is 2.12. The van der Waals surface area contributed by atoms with Crippen LogP contribution in [0.15, 0.2) is 48.5 Å². The summed E-state index contributed by atoms with van der Waals surface area (Å²) < 4.78 is 13.4. The van der Waals surface area contributed by atoms with Crippen molar-refractivity contribution in [2.45, 2.75) is 12.8 Å². The zero-order chi connectivity index (χ0) is 17.4. The molecule has 24 heavy (non-hydrogen) atoms. The molecule has 126 valence electrons. The minimum atomic E-state index is -0.305. The molecule has 2 rings (SSSR count). The molecule has 0 aliphatic carbocycles. The number of halogens is 2. The smallest absolute Gasteiger partial charge is 0.251 e. The normalized spacial score (nSPS) is 10.2. The molecule has 0 fully saturated rings. The minimum absolute atomic E-state index is 0.181. The van der Waals surface area contributed by atoms with E-state index in [9.17, 15) is 14.0 Å². The Bertz CT molecular complexity index is 704. The van der Waals surface area contributed by atoms with Crippen LogP contribution in [0.3, 0.4) is 0 Å². The molecular weight excluding hydrogens is 331 g/mol. The van der Waals surface area contributed by atoms with Crippen molar-refractivity contribution in [2.75, 3.05) is 13.1 Å². The van der Waals surface area contributed by atoms with Gasteiger partial charge in [0.1, 0.15) is 5.82 Å². The van der Waals surface area contributed by atoms with Gasteiger partial charge in [0.25, 0.3) is 5.91 Å². The molecule has 0 bridgehead atoms. The van der Waals surface area contributed by atoms with Gasteiger partial charge in [-0.1, -0.05) is 29.8 Å². The highest BCUT2D eigenvalue weighted by Crippen LogP contribution is 2.09. The molecule has 0 saturated heterocycles. The standard InChI is InChI=1S/C18H18ClFN2O2/c19-15-8-5-14(6-9-15)18(24)22-12-11-21-17(23)10-7-13-3-1-2-4-16(13)20/h1-6,8-9H,7,10-12H2,(H,21,23)(H,22,24). The summed E-state index contributed by atoms with van der Waals surface area (Å²) in [6.45, 7) is 0.627. The molecule has 0 spiro atoms. The van der Waals surface area contributed by atoms with Crippen LogP contribution in [0.4, 0.5) is 4.39 Å². The number of amides is 2. The predicted molar refractivity (Wildman–Crippen MR) is 91.5 cm³/mol. The summed E-state index contributed by atoms with van der Waals surface area (Å²) in [5.41, 5.74) is 1.02. The molecule has 0 unspecified atom stereocenters. The molecule has 0 heterocycles. The fraction of sp³-hybridized carbons (Fsp3) is 0.222. The maximum absolute atomic E-state index is 13.4. The predicted octanol–water partition coefficient (Wildman–Crippen LogP) is 2.96. The van der Waals surface area contributed by atoms with E-state index < -0.39 is 0 Å². The first kappa shape index (κ1) is 17.9. The lowest BCUT2D eigenvalue weighted by Crippen LogP contribution is -2.34. The second kappa shape index (κ2) is 9.03. The summed E-state index contributed by atoms with van der Waals surface area (Å²) in [6, 6.07) is 12.9. The number of carbonyl (C=O) groups excluding carboxylic acids is 2. The highest BCUT2D eigenvalue weighted by molar-refractivity contribution is 6.30. The Morgan fingerprint density at radius 2 is 1.62 bits per heavy atom. The van der Waals surface area contributed by atoms with Crippen LogP contribution in [-0.4, -0.2) is 24.9 Å². The first-order valence-corrected chi connectivity index (χ1v) is 7.98. The van der Waals surface area contributed by atoms with Crippen LogP contribution in [0.5, 0.6) is 0 Å². The lowest BCUT2D eigenvalue weighted by molar-refractivity contribution is -0.121. The lowest BCUT2D eigenvalue weighted by Gasteiger charge is -2.08. The topological polar surface area (TPSA) is 58.2 Å². The van der Waals surface area contributed by atoms with Crippen LogP contribution in [0.1, 0.15) is 22.3 Å². The molecule has 4 nitrogen and oxygen atoms in total. The molecule has 0 aliphatic rings. The van der Waals surface area contributed by atoms with E-state index in [1.165, 1.54) is 6.07 Å². The Morgan fingerprint density at radius 1 is 0.958 bits per heavy atom. The van der Waals surface area contributed by atoms with Gasteiger partial charge in [0.05, 0.1) is 0 Å². The van der Waals surface area contributed by atoms with E-state index in [0.29, 0.717) is 35.7 Å². The molecule has 2 amide bonds. The monoisotopic (exact) mass is 348 g/mol. The van der Waals surface area contributed by atoms with Gasteiger partial charge in [-0.2, -0.15) is 0 Å². The molecule has 2 aromatic carbocycles. The average Bonchev–Trinajstić information content (AvgIpc) is 2.58. The molecule has 2 N–H and O–H groups in total. The third-order valence-electron chi connectivity index (χ3n) is 3.42. The number of carbonyl (C=O) groups is 2. The maximum Gasteiger partial charge on any atom is 0.251 e. The van der Waals surface area contributed by atoms with E-state index in [0.717, 1.165) is 0 Å². The summed E-state index contributed by atoms with van der Waals surface area (Å²) in [7, 11) is 0. The van der Waals surface area contributed by atoms with E-state index >= 15 is 0 Å². The number of aryl methyl sites for hydroxylation is 1. The first-order valence-electron chi connectivity index (χ1n) is 7.60. The van der Waals surface area contributed by atoms with E-state index in [1.54, 1.807) is 42.5 Å². The Morgan fingerprint density at radius 3 is 2.33 bits per heavy atom. The van der Waals surface area contributed by atoms with Crippen molar-refractivity contribution in [1.29, 1.82) is 0 Å². The van der Waals surface area contributed by atoms with Gasteiger partial charge in [0, 0.05) is 30.1 Å². The number of rotatable bonds is 7. The molecule has 0 aliphatic heterocycles. The van der Waals surface area contributed by atoms with Crippen molar-refractivity contribution >= 4 is 23.4 Å². The van der Waals surface area contributed by atoms with Crippen LogP contribution in [0, 0.1) is 5.82 Å². The van der Waals surface area contributed by atoms with Crippen molar-refractivity contribution in [3.05, 3.63) is 70.5 Å². The van der Waals surface area contributed by atoms with Gasteiger partial charge in [-0.3, -0.25) is 9.59 Å². The van der Waals surface area contributed by atoms with E-state index in [2.05, 4.69) is 10.6 Å². The van der Waals surface area contributed by atoms with Gasteiger partial charge >= 0.3 is 0 Å². The Balaban J connectivity index is 1.65. The zero-order valence-corrected chi connectivity index (χ0v) is 13.8.